The van der Waals surface area contributed by atoms with E-state index in [1.54, 1.807) is 6.07 Å². The maximum absolute atomic E-state index is 12.8. The predicted octanol–water partition coefficient (Wildman–Crippen LogP) is 2.55. The molecule has 0 heterocycles. The lowest BCUT2D eigenvalue weighted by Gasteiger charge is -2.09. The lowest BCUT2D eigenvalue weighted by atomic mass is 10.2. The van der Waals surface area contributed by atoms with E-state index in [2.05, 4.69) is 9.46 Å². The fourth-order valence-electron chi connectivity index (χ4n) is 1.84. The minimum atomic E-state index is -3.67. The summed E-state index contributed by atoms with van der Waals surface area (Å²) >= 11 is 0. The van der Waals surface area contributed by atoms with Crippen LogP contribution in [0, 0.1) is 5.82 Å². The Bertz CT molecular complexity index is 772. The van der Waals surface area contributed by atoms with Crippen LogP contribution >= 0.6 is 0 Å². The first-order valence-electron chi connectivity index (χ1n) is 6.33. The standard InChI is InChI=1S/C15H14FNO4S/c1-21-15(18)12-3-2-4-14(9-12)17-22(19,20)10-11-5-7-13(16)8-6-11/h2-9,17H,10H2,1H3. The Hall–Kier alpha value is -2.41. The highest BCUT2D eigenvalue weighted by Gasteiger charge is 2.13. The molecule has 0 atom stereocenters. The SMILES string of the molecule is COC(=O)c1cccc(NS(=O)(=O)Cc2ccc(F)cc2)c1. The minimum absolute atomic E-state index is 0.240. The summed E-state index contributed by atoms with van der Waals surface area (Å²) in [5.74, 6) is -1.28. The van der Waals surface area contributed by atoms with Crippen LogP contribution in [0.4, 0.5) is 10.1 Å². The molecule has 0 bridgehead atoms. The number of methoxy groups -OCH3 is 1. The molecule has 0 radical (unpaired) electrons. The van der Waals surface area contributed by atoms with Crippen molar-refractivity contribution in [1.82, 2.24) is 0 Å². The Morgan fingerprint density at radius 2 is 1.86 bits per heavy atom. The molecule has 0 saturated carbocycles. The summed E-state index contributed by atoms with van der Waals surface area (Å²) in [6.45, 7) is 0. The van der Waals surface area contributed by atoms with Crippen LogP contribution in [-0.4, -0.2) is 21.5 Å². The van der Waals surface area contributed by atoms with Crippen LogP contribution in [0.25, 0.3) is 0 Å². The maximum atomic E-state index is 12.8. The zero-order valence-electron chi connectivity index (χ0n) is 11.7. The second-order valence-electron chi connectivity index (χ2n) is 4.56. The molecule has 2 rings (SSSR count). The summed E-state index contributed by atoms with van der Waals surface area (Å²) in [5.41, 5.74) is 0.951. The average Bonchev–Trinajstić information content (AvgIpc) is 2.48. The van der Waals surface area contributed by atoms with Crippen LogP contribution in [0.5, 0.6) is 0 Å². The highest BCUT2D eigenvalue weighted by molar-refractivity contribution is 7.91. The second-order valence-corrected chi connectivity index (χ2v) is 6.28. The number of anilines is 1. The van der Waals surface area contributed by atoms with Gasteiger partial charge in [-0.1, -0.05) is 18.2 Å². The third-order valence-corrected chi connectivity index (χ3v) is 4.09. The summed E-state index contributed by atoms with van der Waals surface area (Å²) in [5, 5.41) is 0. The third kappa shape index (κ3) is 4.29. The van der Waals surface area contributed by atoms with Gasteiger partial charge in [0.15, 0.2) is 0 Å². The van der Waals surface area contributed by atoms with Gasteiger partial charge in [0.2, 0.25) is 10.0 Å². The van der Waals surface area contributed by atoms with Crippen LogP contribution in [0.15, 0.2) is 48.5 Å². The molecule has 0 aliphatic rings. The predicted molar refractivity (Wildman–Crippen MR) is 80.4 cm³/mol. The lowest BCUT2D eigenvalue weighted by Crippen LogP contribution is -2.15. The molecule has 0 fully saturated rings. The van der Waals surface area contributed by atoms with Crippen molar-refractivity contribution < 1.29 is 22.3 Å². The van der Waals surface area contributed by atoms with Crippen LogP contribution in [-0.2, 0) is 20.5 Å². The number of sulfonamides is 1. The number of ether oxygens (including phenoxy) is 1. The van der Waals surface area contributed by atoms with E-state index in [0.29, 0.717) is 5.56 Å². The zero-order valence-corrected chi connectivity index (χ0v) is 12.6. The molecule has 0 aliphatic carbocycles. The summed E-state index contributed by atoms with van der Waals surface area (Å²) in [7, 11) is -2.43. The third-order valence-electron chi connectivity index (χ3n) is 2.83. The van der Waals surface area contributed by atoms with Gasteiger partial charge in [0.05, 0.1) is 18.4 Å². The van der Waals surface area contributed by atoms with E-state index in [-0.39, 0.29) is 17.0 Å². The van der Waals surface area contributed by atoms with Gasteiger partial charge in [-0.05, 0) is 35.9 Å². The Labute approximate surface area is 127 Å². The number of hydrogen-bond acceptors (Lipinski definition) is 4. The molecule has 0 aliphatic heterocycles. The number of carbonyl (C=O) groups is 1. The van der Waals surface area contributed by atoms with Crippen molar-refractivity contribution in [2.75, 3.05) is 11.8 Å². The number of hydrogen-bond donors (Lipinski definition) is 1. The van der Waals surface area contributed by atoms with Crippen LogP contribution in [0.3, 0.4) is 0 Å². The molecule has 2 aromatic carbocycles. The van der Waals surface area contributed by atoms with Crippen molar-refractivity contribution >= 4 is 21.7 Å². The van der Waals surface area contributed by atoms with E-state index in [0.717, 1.165) is 0 Å². The molecule has 0 saturated heterocycles. The zero-order chi connectivity index (χ0) is 16.2. The van der Waals surface area contributed by atoms with Crippen molar-refractivity contribution in [2.45, 2.75) is 5.75 Å². The summed E-state index contributed by atoms with van der Waals surface area (Å²) in [4.78, 5) is 11.4. The Morgan fingerprint density at radius 3 is 2.50 bits per heavy atom. The van der Waals surface area contributed by atoms with Gasteiger partial charge in [0.25, 0.3) is 0 Å². The maximum Gasteiger partial charge on any atom is 0.337 e. The highest BCUT2D eigenvalue weighted by Crippen LogP contribution is 2.15. The van der Waals surface area contributed by atoms with Crippen LogP contribution in [0.1, 0.15) is 15.9 Å². The van der Waals surface area contributed by atoms with Gasteiger partial charge in [-0.2, -0.15) is 0 Å². The molecule has 5 nitrogen and oxygen atoms in total. The fraction of sp³-hybridized carbons (Fsp3) is 0.133. The van der Waals surface area contributed by atoms with E-state index in [4.69, 9.17) is 0 Å². The van der Waals surface area contributed by atoms with Crippen molar-refractivity contribution in [3.63, 3.8) is 0 Å². The summed E-state index contributed by atoms with van der Waals surface area (Å²) < 4.78 is 43.9. The molecule has 0 unspecified atom stereocenters. The van der Waals surface area contributed by atoms with Crippen molar-refractivity contribution in [2.24, 2.45) is 0 Å². The quantitative estimate of drug-likeness (QED) is 0.858. The van der Waals surface area contributed by atoms with Gasteiger partial charge in [-0.3, -0.25) is 4.72 Å². The second kappa shape index (κ2) is 6.57. The number of benzene rings is 2. The molecule has 7 heteroatoms. The molecule has 0 aromatic heterocycles. The average molecular weight is 323 g/mol. The largest absolute Gasteiger partial charge is 0.465 e. The molecule has 0 spiro atoms. The van der Waals surface area contributed by atoms with E-state index in [1.165, 1.54) is 49.6 Å². The molecule has 116 valence electrons. The number of esters is 1. The molecule has 1 N–H and O–H groups in total. The van der Waals surface area contributed by atoms with E-state index < -0.39 is 21.8 Å². The fourth-order valence-corrected chi connectivity index (χ4v) is 3.03. The number of nitrogens with one attached hydrogen (secondary N) is 1. The van der Waals surface area contributed by atoms with Gasteiger partial charge in [0.1, 0.15) is 5.82 Å². The van der Waals surface area contributed by atoms with Gasteiger partial charge >= 0.3 is 5.97 Å². The monoisotopic (exact) mass is 323 g/mol. The first-order chi connectivity index (χ1) is 10.4. The number of carbonyl (C=O) groups excluding carboxylic acids is 1. The topological polar surface area (TPSA) is 72.5 Å². The van der Waals surface area contributed by atoms with Gasteiger partial charge in [0, 0.05) is 5.69 Å². The van der Waals surface area contributed by atoms with Crippen molar-refractivity contribution in [3.8, 4) is 0 Å². The minimum Gasteiger partial charge on any atom is -0.465 e. The molecule has 2 aromatic rings. The number of rotatable bonds is 5. The van der Waals surface area contributed by atoms with Gasteiger partial charge in [-0.25, -0.2) is 17.6 Å². The normalized spacial score (nSPS) is 11.0. The van der Waals surface area contributed by atoms with E-state index in [1.807, 2.05) is 0 Å². The Balaban J connectivity index is 2.15. The van der Waals surface area contributed by atoms with E-state index in [9.17, 15) is 17.6 Å². The molecular weight excluding hydrogens is 309 g/mol. The van der Waals surface area contributed by atoms with E-state index >= 15 is 0 Å². The van der Waals surface area contributed by atoms with Crippen molar-refractivity contribution in [3.05, 3.63) is 65.5 Å². The lowest BCUT2D eigenvalue weighted by molar-refractivity contribution is 0.0601. The molecule has 0 amide bonds. The Kier molecular flexibility index (Phi) is 4.77. The summed E-state index contributed by atoms with van der Waals surface area (Å²) in [6, 6.07) is 11.2. The van der Waals surface area contributed by atoms with Crippen molar-refractivity contribution in [1.29, 1.82) is 0 Å². The highest BCUT2D eigenvalue weighted by atomic mass is 32.2. The summed E-state index contributed by atoms with van der Waals surface area (Å²) in [6.07, 6.45) is 0. The Morgan fingerprint density at radius 1 is 1.18 bits per heavy atom. The number of halogens is 1. The first kappa shape index (κ1) is 16.0. The molecular formula is C15H14FNO4S. The van der Waals surface area contributed by atoms with Crippen LogP contribution in [0.2, 0.25) is 0 Å². The van der Waals surface area contributed by atoms with Crippen LogP contribution < -0.4 is 4.72 Å². The van der Waals surface area contributed by atoms with Gasteiger partial charge < -0.3 is 4.74 Å². The smallest absolute Gasteiger partial charge is 0.337 e. The van der Waals surface area contributed by atoms with Gasteiger partial charge in [-0.15, -0.1) is 0 Å². The molecule has 22 heavy (non-hydrogen) atoms. The first-order valence-corrected chi connectivity index (χ1v) is 7.98.